The molecule has 0 N–H and O–H groups in total. The van der Waals surface area contributed by atoms with E-state index in [1.54, 1.807) is 161 Å². The first-order valence-corrected chi connectivity index (χ1v) is 37.7. The average molecular weight is 1510 g/mol. The van der Waals surface area contributed by atoms with Crippen LogP contribution in [0.5, 0.6) is 11.5 Å². The van der Waals surface area contributed by atoms with Crippen molar-refractivity contribution in [1.82, 2.24) is 0 Å². The average Bonchev–Trinajstić information content (AvgIpc) is 1.60. The van der Waals surface area contributed by atoms with Crippen LogP contribution in [-0.4, -0.2) is 143 Å². The molecule has 5 fully saturated rings. The van der Waals surface area contributed by atoms with Gasteiger partial charge in [0.25, 0.3) is 0 Å². The first-order valence-electron chi connectivity index (χ1n) is 37.7. The van der Waals surface area contributed by atoms with E-state index in [1.165, 1.54) is 78.4 Å². The SMILES string of the molecule is COc1ccc(OC)c([C@@H]2C[C@H]3[C@@H]4CC=C5C[C@@H](O[C@@H]6O[C@H](COC(=O)c7ccccc7)[C@@H](O[C@H]7O[C@H](COC(=O)c8ccccc8)[C@@H](OC(=O)c8ccccc8)[C@H](OC(=O)c8ccccc8)[C@H]7OC(=O)c7ccccc7)[C@H](OC(=O)c7ccccc7)[C@H]6OC(=O)c6ccccc6)CC[C@]5(C)[C@H]4CC[C@]3(C)[C@H]2C(C)=O)c1. The topological polar surface area (TPSA) is 257 Å². The summed E-state index contributed by atoms with van der Waals surface area (Å²) in [5.74, 6) is -4.56. The summed E-state index contributed by atoms with van der Waals surface area (Å²) in [5, 5.41) is 0. The van der Waals surface area contributed by atoms with E-state index in [-0.39, 0.29) is 85.1 Å². The number of methoxy groups -OCH3 is 2. The maximum absolute atomic E-state index is 15.3. The van der Waals surface area contributed by atoms with E-state index in [4.69, 9.17) is 61.6 Å². The lowest BCUT2D eigenvalue weighted by Gasteiger charge is -2.58. The standard InChI is InChI=1S/C90H88O21/c1-54(91)73-67(66-50-63(99-4)42-44-70(66)100-5)51-69-65-43-41-62-49-64(45-47-89(62,2)68(65)46-48-90(69,73)3)103-87-78(109-85(97)60-37-23-11-24-38-60)77(108-84(96)59-35-21-10-22-36-59)75(72(104-87)53-102-81(93)56-29-15-7-16-30-56)111-88-79(110-86(98)61-39-25-12-26-40-61)76(107-83(95)58-33-19-9-20-34-58)74(106-82(94)57-31-17-8-18-32-57)71(105-88)52-101-80(92)55-27-13-6-14-28-55/h6-42,44,50,64-65,67-69,71-79,87-88H,43,45-49,51-53H2,1-5H3/t64-,65+,67-,68-,69-,71+,72+,73-,74+,75+,76-,77-,78+,79+,87+,88+,89-,90-/m0/s1. The molecule has 21 heteroatoms. The summed E-state index contributed by atoms with van der Waals surface area (Å²) in [7, 11) is 3.30. The molecule has 2 heterocycles. The first kappa shape index (κ1) is 76.7. The molecule has 0 unspecified atom stereocenters. The van der Waals surface area contributed by atoms with Crippen molar-refractivity contribution in [3.05, 3.63) is 287 Å². The molecule has 0 radical (unpaired) electrons. The number of allylic oxidation sites excluding steroid dienone is 1. The molecule has 2 saturated heterocycles. The number of carbonyl (C=O) groups excluding carboxylic acids is 8. The first-order chi connectivity index (χ1) is 53.9. The van der Waals surface area contributed by atoms with Crippen molar-refractivity contribution in [1.29, 1.82) is 0 Å². The molecule has 18 atom stereocenters. The van der Waals surface area contributed by atoms with Gasteiger partial charge >= 0.3 is 41.8 Å². The Labute approximate surface area is 643 Å². The molecule has 0 aromatic heterocycles. The Balaban J connectivity index is 0.868. The Bertz CT molecular complexity index is 4640. The third-order valence-corrected chi connectivity index (χ3v) is 23.2. The lowest BCUT2D eigenvalue weighted by Crippen LogP contribution is -2.67. The van der Waals surface area contributed by atoms with Gasteiger partial charge in [-0.25, -0.2) is 33.6 Å². The van der Waals surface area contributed by atoms with Crippen LogP contribution in [0.1, 0.15) is 150 Å². The fraction of sp³-hybridized carbons (Fsp3) is 0.356. The van der Waals surface area contributed by atoms with Crippen molar-refractivity contribution in [3.63, 3.8) is 0 Å². The number of carbonyl (C=O) groups is 8. The Morgan fingerprint density at radius 3 is 1.24 bits per heavy atom. The van der Waals surface area contributed by atoms with Crippen molar-refractivity contribution in [2.75, 3.05) is 27.4 Å². The van der Waals surface area contributed by atoms with Gasteiger partial charge < -0.3 is 61.6 Å². The number of rotatable bonds is 24. The van der Waals surface area contributed by atoms with Crippen LogP contribution in [0.25, 0.3) is 0 Å². The molecule has 0 bridgehead atoms. The summed E-state index contributed by atoms with van der Waals surface area (Å²) < 4.78 is 85.5. The van der Waals surface area contributed by atoms with Crippen molar-refractivity contribution < 1.29 is 99.9 Å². The molecule has 21 nitrogen and oxygen atoms in total. The lowest BCUT2D eigenvalue weighted by molar-refractivity contribution is -0.360. The van der Waals surface area contributed by atoms with E-state index >= 15 is 14.4 Å². The van der Waals surface area contributed by atoms with Gasteiger partial charge in [0.05, 0.1) is 59.3 Å². The van der Waals surface area contributed by atoms with Gasteiger partial charge in [0.1, 0.15) is 48.8 Å². The maximum Gasteiger partial charge on any atom is 0.338 e. The minimum absolute atomic E-state index is 0.000537. The molecule has 2 aliphatic heterocycles. The minimum Gasteiger partial charge on any atom is -0.497 e. The van der Waals surface area contributed by atoms with Gasteiger partial charge in [0, 0.05) is 11.5 Å². The molecule has 8 aromatic carbocycles. The van der Waals surface area contributed by atoms with Crippen molar-refractivity contribution in [2.24, 2.45) is 34.5 Å². The quantitative estimate of drug-likeness (QED) is 0.0309. The number of benzene rings is 8. The van der Waals surface area contributed by atoms with Gasteiger partial charge in [-0.15, -0.1) is 0 Å². The Hall–Kier alpha value is -11.1. The number of hydrogen-bond donors (Lipinski definition) is 0. The van der Waals surface area contributed by atoms with E-state index < -0.39 is 123 Å². The van der Waals surface area contributed by atoms with Crippen LogP contribution in [0, 0.1) is 34.5 Å². The van der Waals surface area contributed by atoms with Gasteiger partial charge in [0.2, 0.25) is 0 Å². The van der Waals surface area contributed by atoms with Crippen LogP contribution >= 0.6 is 0 Å². The number of ether oxygens (including phenoxy) is 13. The highest BCUT2D eigenvalue weighted by Crippen LogP contribution is 2.69. The summed E-state index contributed by atoms with van der Waals surface area (Å²) in [6.45, 7) is 4.92. The predicted octanol–water partition coefficient (Wildman–Crippen LogP) is 14.6. The number of hydrogen-bond acceptors (Lipinski definition) is 21. The van der Waals surface area contributed by atoms with Gasteiger partial charge in [-0.3, -0.25) is 4.79 Å². The van der Waals surface area contributed by atoms with Crippen LogP contribution < -0.4 is 9.47 Å². The predicted molar refractivity (Wildman–Crippen MR) is 402 cm³/mol. The van der Waals surface area contributed by atoms with Crippen molar-refractivity contribution >= 4 is 47.6 Å². The third kappa shape index (κ3) is 16.5. The van der Waals surface area contributed by atoms with Gasteiger partial charge in [-0.05, 0) is 189 Å². The lowest BCUT2D eigenvalue weighted by atomic mass is 9.47. The monoisotopic (exact) mass is 1500 g/mol. The molecule has 4 aliphatic carbocycles. The molecule has 0 amide bonds. The van der Waals surface area contributed by atoms with Crippen LogP contribution in [0.3, 0.4) is 0 Å². The fourth-order valence-corrected chi connectivity index (χ4v) is 17.8. The molecule has 14 rings (SSSR count). The fourth-order valence-electron chi connectivity index (χ4n) is 17.8. The normalized spacial score (nSPS) is 28.5. The van der Waals surface area contributed by atoms with E-state index in [0.717, 1.165) is 37.0 Å². The van der Waals surface area contributed by atoms with Crippen molar-refractivity contribution in [3.8, 4) is 11.5 Å². The number of esters is 7. The zero-order valence-electron chi connectivity index (χ0n) is 62.2. The van der Waals surface area contributed by atoms with Gasteiger partial charge in [-0.2, -0.15) is 0 Å². The van der Waals surface area contributed by atoms with Crippen LogP contribution in [-0.2, 0) is 56.9 Å². The molecule has 3 saturated carbocycles. The van der Waals surface area contributed by atoms with E-state index in [2.05, 4.69) is 19.9 Å². The second-order valence-electron chi connectivity index (χ2n) is 29.6. The van der Waals surface area contributed by atoms with Crippen molar-refractivity contribution in [2.45, 2.75) is 139 Å². The van der Waals surface area contributed by atoms with E-state index in [0.29, 0.717) is 25.0 Å². The van der Waals surface area contributed by atoms with Crippen LogP contribution in [0.2, 0.25) is 0 Å². The number of fused-ring (bicyclic) bond motifs is 5. The van der Waals surface area contributed by atoms with Gasteiger partial charge in [-0.1, -0.05) is 153 Å². The summed E-state index contributed by atoms with van der Waals surface area (Å²) in [6, 6.07) is 61.6. The molecule has 111 heavy (non-hydrogen) atoms. The third-order valence-electron chi connectivity index (χ3n) is 23.2. The molecular formula is C90H88O21. The molecule has 0 spiro atoms. The Morgan fingerprint density at radius 2 is 0.820 bits per heavy atom. The summed E-state index contributed by atoms with van der Waals surface area (Å²) in [5.41, 5.74) is 2.01. The van der Waals surface area contributed by atoms with Crippen LogP contribution in [0.15, 0.2) is 242 Å². The largest absolute Gasteiger partial charge is 0.497 e. The highest BCUT2D eigenvalue weighted by atomic mass is 16.8. The maximum atomic E-state index is 15.3. The summed E-state index contributed by atoms with van der Waals surface area (Å²) >= 11 is 0. The molecule has 8 aromatic rings. The molecular weight excluding hydrogens is 1420 g/mol. The number of ketones is 1. The minimum atomic E-state index is -2.09. The zero-order valence-corrected chi connectivity index (χ0v) is 62.2. The van der Waals surface area contributed by atoms with Crippen LogP contribution in [0.4, 0.5) is 0 Å². The van der Waals surface area contributed by atoms with Gasteiger partial charge in [0.15, 0.2) is 43.1 Å². The Morgan fingerprint density at radius 1 is 0.423 bits per heavy atom. The summed E-state index contributed by atoms with van der Waals surface area (Å²) in [6.07, 6.45) is -11.9. The van der Waals surface area contributed by atoms with E-state index in [1.807, 2.05) is 18.2 Å². The van der Waals surface area contributed by atoms with E-state index in [9.17, 15) is 24.0 Å². The zero-order chi connectivity index (χ0) is 77.3. The number of Topliss-reactive ketones (excluding diaryl/α,β-unsaturated/α-hetero) is 1. The smallest absolute Gasteiger partial charge is 0.338 e. The highest BCUT2D eigenvalue weighted by molar-refractivity contribution is 5.93. The highest BCUT2D eigenvalue weighted by Gasteiger charge is 2.64. The Kier molecular flexibility index (Phi) is 23.5. The summed E-state index contributed by atoms with van der Waals surface area (Å²) in [4.78, 5) is 118. The molecule has 574 valence electrons. The molecule has 6 aliphatic rings. The second kappa shape index (κ2) is 34.0. The second-order valence-corrected chi connectivity index (χ2v) is 29.6.